The number of amides is 2. The zero-order valence-corrected chi connectivity index (χ0v) is 16.2. The third-order valence-corrected chi connectivity index (χ3v) is 5.20. The minimum Gasteiger partial charge on any atom is -0.482 e. The molecule has 0 spiro atoms. The van der Waals surface area contributed by atoms with E-state index in [9.17, 15) is 9.59 Å². The topological polar surface area (TPSA) is 67.9 Å². The van der Waals surface area contributed by atoms with Crippen molar-refractivity contribution in [1.82, 2.24) is 4.90 Å². The zero-order valence-electron chi connectivity index (χ0n) is 15.5. The molecule has 28 heavy (non-hydrogen) atoms. The molecule has 4 rings (SSSR count). The van der Waals surface area contributed by atoms with Crippen LogP contribution in [-0.4, -0.2) is 42.0 Å². The fourth-order valence-corrected chi connectivity index (χ4v) is 3.68. The van der Waals surface area contributed by atoms with Gasteiger partial charge < -0.3 is 19.7 Å². The lowest BCUT2D eigenvalue weighted by molar-refractivity contribution is -0.128. The highest BCUT2D eigenvalue weighted by Crippen LogP contribution is 2.34. The van der Waals surface area contributed by atoms with Crippen LogP contribution in [0.1, 0.15) is 30.1 Å². The molecule has 2 amide bonds. The van der Waals surface area contributed by atoms with Crippen LogP contribution in [0.3, 0.4) is 0 Å². The van der Waals surface area contributed by atoms with Crippen LogP contribution in [0.25, 0.3) is 0 Å². The van der Waals surface area contributed by atoms with Crippen molar-refractivity contribution in [2.75, 3.05) is 18.4 Å². The second-order valence-corrected chi connectivity index (χ2v) is 7.42. The largest absolute Gasteiger partial charge is 0.482 e. The van der Waals surface area contributed by atoms with E-state index in [0.29, 0.717) is 27.8 Å². The third kappa shape index (κ3) is 3.64. The lowest BCUT2D eigenvalue weighted by Crippen LogP contribution is -2.46. The van der Waals surface area contributed by atoms with E-state index < -0.39 is 12.2 Å². The Morgan fingerprint density at radius 3 is 2.46 bits per heavy atom. The average Bonchev–Trinajstić information content (AvgIpc) is 3.22. The summed E-state index contributed by atoms with van der Waals surface area (Å²) in [6, 6.07) is 12.1. The Hall–Kier alpha value is -2.73. The van der Waals surface area contributed by atoms with Crippen molar-refractivity contribution in [2.45, 2.75) is 32.0 Å². The summed E-state index contributed by atoms with van der Waals surface area (Å²) in [5.41, 5.74) is 0.800. The Morgan fingerprint density at radius 1 is 1.07 bits per heavy atom. The summed E-state index contributed by atoms with van der Waals surface area (Å²) in [6.45, 7) is 3.22. The van der Waals surface area contributed by atoms with Crippen LogP contribution in [-0.2, 0) is 4.79 Å². The van der Waals surface area contributed by atoms with Gasteiger partial charge >= 0.3 is 0 Å². The molecule has 2 heterocycles. The van der Waals surface area contributed by atoms with Gasteiger partial charge in [0.15, 0.2) is 11.5 Å². The standard InChI is InChI=1S/C21H21ClN2O4/c1-13-19(28-18-7-3-2-6-17(18)27-13)20(25)23-16-12-14(22)8-9-15(16)21(26)24-10-4-5-11-24/h2-3,6-9,12-13,19H,4-5,10-11H2,1H3,(H,23,25). The van der Waals surface area contributed by atoms with Gasteiger partial charge in [0, 0.05) is 18.1 Å². The number of hydrogen-bond donors (Lipinski definition) is 1. The minimum absolute atomic E-state index is 0.108. The van der Waals surface area contributed by atoms with E-state index in [1.54, 1.807) is 42.2 Å². The minimum atomic E-state index is -0.844. The van der Waals surface area contributed by atoms with Gasteiger partial charge in [0.1, 0.15) is 6.10 Å². The summed E-state index contributed by atoms with van der Waals surface area (Å²) in [5.74, 6) is 0.621. The maximum atomic E-state index is 12.9. The molecule has 1 fully saturated rings. The van der Waals surface area contributed by atoms with Crippen LogP contribution in [0.5, 0.6) is 11.5 Å². The monoisotopic (exact) mass is 400 g/mol. The van der Waals surface area contributed by atoms with E-state index in [1.807, 2.05) is 12.1 Å². The van der Waals surface area contributed by atoms with Gasteiger partial charge in [-0.05, 0) is 50.1 Å². The zero-order chi connectivity index (χ0) is 19.7. The molecule has 2 aromatic carbocycles. The van der Waals surface area contributed by atoms with Crippen molar-refractivity contribution in [3.63, 3.8) is 0 Å². The molecule has 0 radical (unpaired) electrons. The molecule has 0 aliphatic carbocycles. The molecule has 1 N–H and O–H groups in total. The van der Waals surface area contributed by atoms with Gasteiger partial charge in [-0.15, -0.1) is 0 Å². The highest BCUT2D eigenvalue weighted by Gasteiger charge is 2.35. The fraction of sp³-hybridized carbons (Fsp3) is 0.333. The van der Waals surface area contributed by atoms with Crippen molar-refractivity contribution >= 4 is 29.1 Å². The number of carbonyl (C=O) groups excluding carboxylic acids is 2. The van der Waals surface area contributed by atoms with E-state index in [0.717, 1.165) is 25.9 Å². The van der Waals surface area contributed by atoms with Gasteiger partial charge in [-0.2, -0.15) is 0 Å². The molecule has 7 heteroatoms. The normalized spacial score (nSPS) is 20.7. The first-order chi connectivity index (χ1) is 13.5. The third-order valence-electron chi connectivity index (χ3n) is 4.96. The molecule has 2 unspecified atom stereocenters. The summed E-state index contributed by atoms with van der Waals surface area (Å²) >= 11 is 6.11. The van der Waals surface area contributed by atoms with E-state index in [4.69, 9.17) is 21.1 Å². The van der Waals surface area contributed by atoms with Crippen LogP contribution < -0.4 is 14.8 Å². The predicted octanol–water partition coefficient (Wildman–Crippen LogP) is 3.74. The summed E-state index contributed by atoms with van der Waals surface area (Å²) in [5, 5.41) is 3.25. The molecule has 0 saturated carbocycles. The maximum Gasteiger partial charge on any atom is 0.269 e. The summed E-state index contributed by atoms with van der Waals surface area (Å²) in [4.78, 5) is 27.5. The molecule has 1 saturated heterocycles. The number of likely N-dealkylation sites (tertiary alicyclic amines) is 1. The first-order valence-corrected chi connectivity index (χ1v) is 9.73. The van der Waals surface area contributed by atoms with Crippen LogP contribution in [0.2, 0.25) is 5.02 Å². The smallest absolute Gasteiger partial charge is 0.269 e. The number of halogens is 1. The van der Waals surface area contributed by atoms with E-state index >= 15 is 0 Å². The number of nitrogens with zero attached hydrogens (tertiary/aromatic N) is 1. The number of nitrogens with one attached hydrogen (secondary N) is 1. The van der Waals surface area contributed by atoms with Crippen LogP contribution in [0, 0.1) is 0 Å². The number of anilines is 1. The van der Waals surface area contributed by atoms with Crippen LogP contribution >= 0.6 is 11.6 Å². The molecule has 146 valence electrons. The van der Waals surface area contributed by atoms with Crippen molar-refractivity contribution in [2.24, 2.45) is 0 Å². The number of benzene rings is 2. The number of rotatable bonds is 3. The number of hydrogen-bond acceptors (Lipinski definition) is 4. The molecule has 0 aromatic heterocycles. The summed E-state index contributed by atoms with van der Waals surface area (Å²) in [6.07, 6.45) is 0.659. The van der Waals surface area contributed by atoms with Crippen molar-refractivity contribution in [3.05, 3.63) is 53.1 Å². The Morgan fingerprint density at radius 2 is 1.75 bits per heavy atom. The molecule has 2 aliphatic heterocycles. The number of fused-ring (bicyclic) bond motifs is 1. The fourth-order valence-electron chi connectivity index (χ4n) is 3.51. The average molecular weight is 401 g/mol. The summed E-state index contributed by atoms with van der Waals surface area (Å²) < 4.78 is 11.6. The second kappa shape index (κ2) is 7.72. The van der Waals surface area contributed by atoms with Crippen molar-refractivity contribution in [1.29, 1.82) is 0 Å². The van der Waals surface area contributed by atoms with Gasteiger partial charge in [0.05, 0.1) is 11.3 Å². The van der Waals surface area contributed by atoms with Gasteiger partial charge in [-0.3, -0.25) is 9.59 Å². The highest BCUT2D eigenvalue weighted by atomic mass is 35.5. The Labute approximate surface area is 168 Å². The quantitative estimate of drug-likeness (QED) is 0.852. The highest BCUT2D eigenvalue weighted by molar-refractivity contribution is 6.31. The number of para-hydroxylation sites is 2. The molecule has 2 aliphatic rings. The number of carbonyl (C=O) groups is 2. The Kier molecular flexibility index (Phi) is 5.13. The molecule has 2 aromatic rings. The Bertz CT molecular complexity index is 911. The van der Waals surface area contributed by atoms with Crippen LogP contribution in [0.4, 0.5) is 5.69 Å². The van der Waals surface area contributed by atoms with Crippen LogP contribution in [0.15, 0.2) is 42.5 Å². The summed E-state index contributed by atoms with van der Waals surface area (Å²) in [7, 11) is 0. The van der Waals surface area contributed by atoms with Gasteiger partial charge in [0.2, 0.25) is 6.10 Å². The maximum absolute atomic E-state index is 12.9. The first kappa shape index (κ1) is 18.6. The van der Waals surface area contributed by atoms with Crippen molar-refractivity contribution < 1.29 is 19.1 Å². The SMILES string of the molecule is CC1Oc2ccccc2OC1C(=O)Nc1cc(Cl)ccc1C(=O)N1CCCC1. The first-order valence-electron chi connectivity index (χ1n) is 9.35. The lowest BCUT2D eigenvalue weighted by atomic mass is 10.1. The van der Waals surface area contributed by atoms with E-state index in [-0.39, 0.29) is 11.8 Å². The van der Waals surface area contributed by atoms with E-state index in [2.05, 4.69) is 5.32 Å². The molecule has 6 nitrogen and oxygen atoms in total. The number of ether oxygens (including phenoxy) is 2. The predicted molar refractivity (Wildman–Crippen MR) is 106 cm³/mol. The second-order valence-electron chi connectivity index (χ2n) is 6.99. The lowest BCUT2D eigenvalue weighted by Gasteiger charge is -2.31. The van der Waals surface area contributed by atoms with Gasteiger partial charge in [0.25, 0.3) is 11.8 Å². The van der Waals surface area contributed by atoms with Gasteiger partial charge in [-0.25, -0.2) is 0 Å². The van der Waals surface area contributed by atoms with Gasteiger partial charge in [-0.1, -0.05) is 23.7 Å². The van der Waals surface area contributed by atoms with Crippen molar-refractivity contribution in [3.8, 4) is 11.5 Å². The van der Waals surface area contributed by atoms with E-state index in [1.165, 1.54) is 0 Å². The molecule has 0 bridgehead atoms. The Balaban J connectivity index is 1.56. The molecule has 2 atom stereocenters. The molecular weight excluding hydrogens is 380 g/mol. The molecular formula is C21H21ClN2O4.